The van der Waals surface area contributed by atoms with Gasteiger partial charge in [0.1, 0.15) is 5.75 Å². The van der Waals surface area contributed by atoms with Crippen LogP contribution in [0.4, 0.5) is 5.69 Å². The summed E-state index contributed by atoms with van der Waals surface area (Å²) < 4.78 is 5.21. The van der Waals surface area contributed by atoms with Crippen molar-refractivity contribution in [2.45, 2.75) is 4.90 Å². The van der Waals surface area contributed by atoms with E-state index in [1.807, 2.05) is 20.2 Å². The van der Waals surface area contributed by atoms with E-state index in [0.29, 0.717) is 17.0 Å². The quantitative estimate of drug-likeness (QED) is 0.452. The maximum absolute atomic E-state index is 11.3. The molecule has 1 aromatic rings. The summed E-state index contributed by atoms with van der Waals surface area (Å²) in [5.41, 5.74) is 12.6. The van der Waals surface area contributed by atoms with E-state index >= 15 is 0 Å². The number of anilines is 1. The van der Waals surface area contributed by atoms with E-state index in [4.69, 9.17) is 16.2 Å². The molecular weight excluding hydrogens is 274 g/mol. The lowest BCUT2D eigenvalue weighted by atomic mass is 10.1. The molecule has 20 heavy (non-hydrogen) atoms. The van der Waals surface area contributed by atoms with E-state index in [1.54, 1.807) is 24.9 Å². The predicted molar refractivity (Wildman–Crippen MR) is 84.9 cm³/mol. The first kappa shape index (κ1) is 16.4. The van der Waals surface area contributed by atoms with Gasteiger partial charge in [-0.3, -0.25) is 4.79 Å². The van der Waals surface area contributed by atoms with Crippen LogP contribution < -0.4 is 16.2 Å². The smallest absolute Gasteiger partial charge is 0.248 e. The number of carbonyl (C=O) groups excluding carboxylic acids is 1. The summed E-state index contributed by atoms with van der Waals surface area (Å²) in [5, 5.41) is 0. The molecule has 0 saturated carbocycles. The average Bonchev–Trinajstić information content (AvgIpc) is 2.38. The monoisotopic (exact) mass is 295 g/mol. The molecular formula is C14H21N3O2S. The maximum Gasteiger partial charge on any atom is 0.248 e. The van der Waals surface area contributed by atoms with Crippen LogP contribution >= 0.6 is 11.8 Å². The molecule has 110 valence electrons. The lowest BCUT2D eigenvalue weighted by Gasteiger charge is -2.15. The van der Waals surface area contributed by atoms with Crippen LogP contribution in [0.3, 0.4) is 0 Å². The number of primary amides is 1. The van der Waals surface area contributed by atoms with Gasteiger partial charge in [-0.1, -0.05) is 6.58 Å². The van der Waals surface area contributed by atoms with Gasteiger partial charge in [0, 0.05) is 28.3 Å². The largest absolute Gasteiger partial charge is 0.495 e. The number of benzene rings is 1. The Bertz CT molecular complexity index is 515. The fourth-order valence-electron chi connectivity index (χ4n) is 1.58. The average molecular weight is 295 g/mol. The highest BCUT2D eigenvalue weighted by atomic mass is 32.2. The van der Waals surface area contributed by atoms with Crippen molar-refractivity contribution >= 4 is 28.9 Å². The molecule has 1 amide bonds. The molecule has 6 heteroatoms. The fourth-order valence-corrected chi connectivity index (χ4v) is 2.79. The Kier molecular flexibility index (Phi) is 5.91. The fraction of sp³-hybridized carbons (Fsp3) is 0.357. The lowest BCUT2D eigenvalue weighted by molar-refractivity contribution is -0.112. The number of amides is 1. The molecule has 0 fully saturated rings. The second-order valence-electron chi connectivity index (χ2n) is 4.58. The molecule has 0 saturated heterocycles. The van der Waals surface area contributed by atoms with Crippen LogP contribution in [0.25, 0.3) is 5.57 Å². The zero-order valence-electron chi connectivity index (χ0n) is 12.1. The number of methoxy groups -OCH3 is 1. The number of nitrogen functional groups attached to an aromatic ring is 1. The minimum absolute atomic E-state index is 0.256. The molecule has 5 nitrogen and oxygen atoms in total. The molecule has 0 aliphatic rings. The van der Waals surface area contributed by atoms with E-state index in [1.165, 1.54) is 0 Å². The number of carbonyl (C=O) groups is 1. The normalized spacial score (nSPS) is 10.6. The molecule has 1 aromatic carbocycles. The highest BCUT2D eigenvalue weighted by Gasteiger charge is 2.14. The van der Waals surface area contributed by atoms with Gasteiger partial charge in [-0.2, -0.15) is 0 Å². The molecule has 0 radical (unpaired) electrons. The summed E-state index contributed by atoms with van der Waals surface area (Å²) in [6, 6.07) is 3.50. The molecule has 0 aromatic heterocycles. The molecule has 0 atom stereocenters. The van der Waals surface area contributed by atoms with Crippen LogP contribution in [-0.4, -0.2) is 44.3 Å². The van der Waals surface area contributed by atoms with Gasteiger partial charge in [0.15, 0.2) is 0 Å². The molecule has 0 aliphatic carbocycles. The lowest BCUT2D eigenvalue weighted by Crippen LogP contribution is -2.15. The van der Waals surface area contributed by atoms with Crippen molar-refractivity contribution in [1.82, 2.24) is 4.90 Å². The van der Waals surface area contributed by atoms with Crippen LogP contribution in [0, 0.1) is 0 Å². The summed E-state index contributed by atoms with van der Waals surface area (Å²) in [6.45, 7) is 4.65. The van der Waals surface area contributed by atoms with E-state index in [-0.39, 0.29) is 5.57 Å². The molecule has 4 N–H and O–H groups in total. The molecule has 0 spiro atoms. The second-order valence-corrected chi connectivity index (χ2v) is 5.72. The number of rotatable bonds is 7. The second kappa shape index (κ2) is 7.21. The van der Waals surface area contributed by atoms with Crippen molar-refractivity contribution in [3.05, 3.63) is 24.3 Å². The van der Waals surface area contributed by atoms with Gasteiger partial charge in [-0.15, -0.1) is 11.8 Å². The van der Waals surface area contributed by atoms with Gasteiger partial charge < -0.3 is 21.1 Å². The van der Waals surface area contributed by atoms with Crippen LogP contribution in [0.5, 0.6) is 5.75 Å². The SMILES string of the molecule is C=C(C(N)=O)c1cc(N)c(OC)cc1SCCN(C)C. The van der Waals surface area contributed by atoms with Gasteiger partial charge in [0.2, 0.25) is 5.91 Å². The summed E-state index contributed by atoms with van der Waals surface area (Å²) in [4.78, 5) is 14.3. The summed E-state index contributed by atoms with van der Waals surface area (Å²) in [6.07, 6.45) is 0. The minimum atomic E-state index is -0.552. The van der Waals surface area contributed by atoms with Crippen LogP contribution in [0.2, 0.25) is 0 Å². The van der Waals surface area contributed by atoms with E-state index in [2.05, 4.69) is 11.5 Å². The van der Waals surface area contributed by atoms with Crippen molar-refractivity contribution < 1.29 is 9.53 Å². The number of hydrogen-bond acceptors (Lipinski definition) is 5. The highest BCUT2D eigenvalue weighted by molar-refractivity contribution is 7.99. The van der Waals surface area contributed by atoms with Gasteiger partial charge in [-0.05, 0) is 26.2 Å². The van der Waals surface area contributed by atoms with E-state index in [9.17, 15) is 4.79 Å². The Morgan fingerprint density at radius 3 is 2.60 bits per heavy atom. The molecule has 0 bridgehead atoms. The van der Waals surface area contributed by atoms with E-state index < -0.39 is 5.91 Å². The zero-order valence-corrected chi connectivity index (χ0v) is 12.9. The van der Waals surface area contributed by atoms with Gasteiger partial charge >= 0.3 is 0 Å². The summed E-state index contributed by atoms with van der Waals surface area (Å²) in [7, 11) is 5.57. The topological polar surface area (TPSA) is 81.6 Å². The first-order valence-corrected chi connectivity index (χ1v) is 7.09. The third-order valence-corrected chi connectivity index (χ3v) is 3.79. The maximum atomic E-state index is 11.3. The number of nitrogens with two attached hydrogens (primary N) is 2. The van der Waals surface area contributed by atoms with Gasteiger partial charge in [-0.25, -0.2) is 0 Å². The Balaban J connectivity index is 3.09. The van der Waals surface area contributed by atoms with Crippen molar-refractivity contribution in [3.63, 3.8) is 0 Å². The Morgan fingerprint density at radius 2 is 2.10 bits per heavy atom. The van der Waals surface area contributed by atoms with Crippen LogP contribution in [-0.2, 0) is 4.79 Å². The van der Waals surface area contributed by atoms with Crippen molar-refractivity contribution in [3.8, 4) is 5.75 Å². The Labute approximate surface area is 123 Å². The van der Waals surface area contributed by atoms with Crippen molar-refractivity contribution in [2.24, 2.45) is 5.73 Å². The Hall–Kier alpha value is -1.66. The van der Waals surface area contributed by atoms with Crippen molar-refractivity contribution in [1.29, 1.82) is 0 Å². The first-order valence-electron chi connectivity index (χ1n) is 6.11. The predicted octanol–water partition coefficient (Wildman–Crippen LogP) is 1.43. The van der Waals surface area contributed by atoms with Crippen molar-refractivity contribution in [2.75, 3.05) is 39.2 Å². The number of nitrogens with zero attached hydrogens (tertiary/aromatic N) is 1. The third-order valence-electron chi connectivity index (χ3n) is 2.75. The van der Waals surface area contributed by atoms with Gasteiger partial charge in [0.25, 0.3) is 0 Å². The van der Waals surface area contributed by atoms with Crippen LogP contribution in [0.1, 0.15) is 5.56 Å². The highest BCUT2D eigenvalue weighted by Crippen LogP contribution is 2.35. The molecule has 0 unspecified atom stereocenters. The standard InChI is InChI=1S/C14H21N3O2S/c1-9(14(16)18)10-7-11(15)12(19-4)8-13(10)20-6-5-17(2)3/h7-8H,1,5-6,15H2,2-4H3,(H2,16,18). The molecule has 1 rings (SSSR count). The third kappa shape index (κ3) is 4.18. The minimum Gasteiger partial charge on any atom is -0.495 e. The van der Waals surface area contributed by atoms with Crippen LogP contribution in [0.15, 0.2) is 23.6 Å². The summed E-state index contributed by atoms with van der Waals surface area (Å²) >= 11 is 1.61. The number of ether oxygens (including phenoxy) is 1. The summed E-state index contributed by atoms with van der Waals surface area (Å²) in [5.74, 6) is 0.904. The zero-order chi connectivity index (χ0) is 15.3. The van der Waals surface area contributed by atoms with Gasteiger partial charge in [0.05, 0.1) is 12.8 Å². The Morgan fingerprint density at radius 1 is 1.45 bits per heavy atom. The molecule has 0 heterocycles. The number of thioether (sulfide) groups is 1. The first-order chi connectivity index (χ1) is 9.36. The number of hydrogen-bond donors (Lipinski definition) is 2. The molecule has 0 aliphatic heterocycles. The van der Waals surface area contributed by atoms with E-state index in [0.717, 1.165) is 17.2 Å².